The van der Waals surface area contributed by atoms with Crippen LogP contribution in [-0.2, 0) is 17.7 Å². The summed E-state index contributed by atoms with van der Waals surface area (Å²) in [6.07, 6.45) is 2.57. The molecule has 2 aliphatic heterocycles. The summed E-state index contributed by atoms with van der Waals surface area (Å²) in [7, 11) is 0. The van der Waals surface area contributed by atoms with Gasteiger partial charge in [0.05, 0.1) is 35.5 Å². The monoisotopic (exact) mass is 732 g/mol. The number of phenolic OH excluding ortho intramolecular Hbond substituents is 1. The topological polar surface area (TPSA) is 78.2 Å². The van der Waals surface area contributed by atoms with Crippen molar-refractivity contribution < 1.29 is 19.4 Å². The second kappa shape index (κ2) is 15.2. The summed E-state index contributed by atoms with van der Waals surface area (Å²) in [4.78, 5) is 35.6. The van der Waals surface area contributed by atoms with Crippen LogP contribution in [0.2, 0.25) is 5.02 Å². The highest BCUT2D eigenvalue weighted by Crippen LogP contribution is 2.35. The van der Waals surface area contributed by atoms with E-state index in [-0.39, 0.29) is 36.0 Å². The predicted octanol–water partition coefficient (Wildman–Crippen LogP) is 8.29. The van der Waals surface area contributed by atoms with Crippen LogP contribution in [0.4, 0.5) is 11.4 Å². The number of fused-ring (bicyclic) bond motifs is 2. The molecule has 0 radical (unpaired) electrons. The van der Waals surface area contributed by atoms with Gasteiger partial charge in [-0.05, 0) is 78.2 Å². The largest absolute Gasteiger partial charge is 0.508 e. The lowest BCUT2D eigenvalue weighted by Crippen LogP contribution is -2.52. The van der Waals surface area contributed by atoms with Crippen molar-refractivity contribution >= 4 is 58.1 Å². The molecule has 0 saturated carbocycles. The summed E-state index contributed by atoms with van der Waals surface area (Å²) in [5.41, 5.74) is 6.03. The maximum absolute atomic E-state index is 14.9. The average Bonchev–Trinajstić information content (AvgIpc) is 3.56. The average molecular weight is 734 g/mol. The molecule has 1 atom stereocenters. The standard InChI is InChI=1S/C42H37ClN4O4.ClH/c43-31-14-19-37(41(49)45-26-30-9-5-4-8-29(30)24-34(45)27-44-20-22-51-23-21-44)40(25-31)46-28-38(36-12-6-7-13-39(36)46)42(50)47(32-10-2-1-3-11-32)33-15-17-35(48)18-16-33;/h1-19,25,28,34,48H,20-24,26-27H2;1H/t34-;/m0./s1. The number of benzene rings is 5. The highest BCUT2D eigenvalue weighted by molar-refractivity contribution is 6.31. The highest BCUT2D eigenvalue weighted by Gasteiger charge is 2.34. The lowest BCUT2D eigenvalue weighted by molar-refractivity contribution is 0.0193. The van der Waals surface area contributed by atoms with Crippen LogP contribution >= 0.6 is 24.0 Å². The van der Waals surface area contributed by atoms with Crippen molar-refractivity contribution in [3.8, 4) is 11.4 Å². The van der Waals surface area contributed by atoms with Gasteiger partial charge < -0.3 is 19.3 Å². The highest BCUT2D eigenvalue weighted by atomic mass is 35.5. The Kier molecular flexibility index (Phi) is 10.3. The minimum atomic E-state index is -0.255. The van der Waals surface area contributed by atoms with Crippen LogP contribution in [0.15, 0.2) is 128 Å². The number of hydrogen-bond acceptors (Lipinski definition) is 5. The summed E-state index contributed by atoms with van der Waals surface area (Å²) in [6, 6.07) is 37.4. The van der Waals surface area contributed by atoms with Gasteiger partial charge in [-0.3, -0.25) is 19.4 Å². The Labute approximate surface area is 313 Å². The zero-order valence-corrected chi connectivity index (χ0v) is 30.0. The number of morpholine rings is 1. The van der Waals surface area contributed by atoms with Gasteiger partial charge in [0.2, 0.25) is 0 Å². The Morgan fingerprint density at radius 2 is 1.46 bits per heavy atom. The molecule has 10 heteroatoms. The van der Waals surface area contributed by atoms with E-state index in [0.717, 1.165) is 42.5 Å². The SMILES string of the molecule is Cl.O=C(c1cn(-c2cc(Cl)ccc2C(=O)N2Cc3ccccc3C[C@H]2CN2CCOCC2)c2ccccc12)N(c1ccccc1)c1ccc(O)cc1. The number of anilines is 2. The fraction of sp³-hybridized carbons (Fsp3) is 0.190. The van der Waals surface area contributed by atoms with Crippen LogP contribution < -0.4 is 4.90 Å². The first kappa shape index (κ1) is 35.3. The number of ether oxygens (including phenoxy) is 1. The Morgan fingerprint density at radius 3 is 2.23 bits per heavy atom. The van der Waals surface area contributed by atoms with Crippen LogP contribution in [0, 0.1) is 0 Å². The minimum absolute atomic E-state index is 0. The van der Waals surface area contributed by atoms with Crippen molar-refractivity contribution in [2.75, 3.05) is 37.7 Å². The first-order valence-electron chi connectivity index (χ1n) is 17.2. The van der Waals surface area contributed by atoms with Crippen molar-refractivity contribution in [2.24, 2.45) is 0 Å². The van der Waals surface area contributed by atoms with Crippen molar-refractivity contribution in [1.29, 1.82) is 0 Å². The number of nitrogens with zero attached hydrogens (tertiary/aromatic N) is 4. The molecule has 2 aliphatic rings. The number of aromatic hydroxyl groups is 1. The minimum Gasteiger partial charge on any atom is -0.508 e. The van der Waals surface area contributed by atoms with E-state index < -0.39 is 0 Å². The maximum Gasteiger partial charge on any atom is 0.265 e. The fourth-order valence-electron chi connectivity index (χ4n) is 7.34. The molecule has 1 fully saturated rings. The van der Waals surface area contributed by atoms with Crippen LogP contribution in [0.25, 0.3) is 16.6 Å². The van der Waals surface area contributed by atoms with Gasteiger partial charge in [0.1, 0.15) is 5.75 Å². The number of carbonyl (C=O) groups is 2. The number of phenols is 1. The molecule has 0 spiro atoms. The fourth-order valence-corrected chi connectivity index (χ4v) is 7.51. The van der Waals surface area contributed by atoms with Gasteiger partial charge in [0, 0.05) is 60.2 Å². The summed E-state index contributed by atoms with van der Waals surface area (Å²) in [5.74, 6) is -0.233. The molecular formula is C42H38Cl2N4O4. The molecular weight excluding hydrogens is 695 g/mol. The van der Waals surface area contributed by atoms with Crippen LogP contribution in [0.5, 0.6) is 5.75 Å². The van der Waals surface area contributed by atoms with Crippen LogP contribution in [-0.4, -0.2) is 70.2 Å². The van der Waals surface area contributed by atoms with E-state index in [1.165, 1.54) is 5.56 Å². The summed E-state index contributed by atoms with van der Waals surface area (Å²) < 4.78 is 7.53. The van der Waals surface area contributed by atoms with Crippen molar-refractivity contribution in [2.45, 2.75) is 19.0 Å². The third-order valence-corrected chi connectivity index (χ3v) is 10.1. The molecule has 1 N–H and O–H groups in total. The second-order valence-electron chi connectivity index (χ2n) is 13.1. The lowest BCUT2D eigenvalue weighted by atomic mass is 9.92. The molecule has 5 aromatic carbocycles. The molecule has 1 saturated heterocycles. The van der Waals surface area contributed by atoms with Crippen molar-refractivity contribution in [3.63, 3.8) is 0 Å². The molecule has 6 aromatic rings. The van der Waals surface area contributed by atoms with Crippen molar-refractivity contribution in [3.05, 3.63) is 155 Å². The van der Waals surface area contributed by atoms with Crippen LogP contribution in [0.3, 0.4) is 0 Å². The van der Waals surface area contributed by atoms with Gasteiger partial charge >= 0.3 is 0 Å². The van der Waals surface area contributed by atoms with E-state index in [1.807, 2.05) is 76.3 Å². The normalized spacial score (nSPS) is 15.9. The first-order valence-corrected chi connectivity index (χ1v) is 17.6. The van der Waals surface area contributed by atoms with E-state index >= 15 is 0 Å². The number of para-hydroxylation sites is 2. The van der Waals surface area contributed by atoms with E-state index in [2.05, 4.69) is 23.1 Å². The maximum atomic E-state index is 14.9. The zero-order valence-electron chi connectivity index (χ0n) is 28.4. The van der Waals surface area contributed by atoms with Gasteiger partial charge in [-0.2, -0.15) is 0 Å². The molecule has 52 heavy (non-hydrogen) atoms. The number of amides is 2. The molecule has 3 heterocycles. The van der Waals surface area contributed by atoms with Gasteiger partial charge in [0.25, 0.3) is 11.8 Å². The van der Waals surface area contributed by atoms with Gasteiger partial charge in [-0.1, -0.05) is 72.3 Å². The summed E-state index contributed by atoms with van der Waals surface area (Å²) in [6.45, 7) is 4.31. The number of aromatic nitrogens is 1. The van der Waals surface area contributed by atoms with E-state index in [9.17, 15) is 14.7 Å². The lowest BCUT2D eigenvalue weighted by Gasteiger charge is -2.40. The van der Waals surface area contributed by atoms with Gasteiger partial charge in [0.15, 0.2) is 0 Å². The second-order valence-corrected chi connectivity index (χ2v) is 13.5. The molecule has 2 amide bonds. The molecule has 0 bridgehead atoms. The summed E-state index contributed by atoms with van der Waals surface area (Å²) >= 11 is 6.67. The first-order chi connectivity index (χ1) is 24.9. The number of rotatable bonds is 7. The smallest absolute Gasteiger partial charge is 0.265 e. The van der Waals surface area contributed by atoms with E-state index in [1.54, 1.807) is 47.4 Å². The molecule has 8 nitrogen and oxygen atoms in total. The Balaban J connectivity index is 0.00000420. The third kappa shape index (κ3) is 6.90. The number of carbonyl (C=O) groups excluding carboxylic acids is 2. The van der Waals surface area contributed by atoms with E-state index in [0.29, 0.717) is 53.0 Å². The molecule has 0 unspecified atom stereocenters. The Bertz CT molecular complexity index is 2220. The van der Waals surface area contributed by atoms with Crippen LogP contribution in [0.1, 0.15) is 31.8 Å². The number of hydrogen-bond donors (Lipinski definition) is 1. The summed E-state index contributed by atoms with van der Waals surface area (Å²) in [5, 5.41) is 11.2. The third-order valence-electron chi connectivity index (χ3n) is 9.91. The molecule has 8 rings (SSSR count). The zero-order chi connectivity index (χ0) is 34.9. The van der Waals surface area contributed by atoms with Crippen molar-refractivity contribution in [1.82, 2.24) is 14.4 Å². The number of halogens is 2. The Hall–Kier alpha value is -5.12. The van der Waals surface area contributed by atoms with E-state index in [4.69, 9.17) is 16.3 Å². The predicted molar refractivity (Wildman–Crippen MR) is 208 cm³/mol. The molecule has 1 aromatic heterocycles. The quantitative estimate of drug-likeness (QED) is 0.179. The van der Waals surface area contributed by atoms with Gasteiger partial charge in [-0.15, -0.1) is 12.4 Å². The molecule has 264 valence electrons. The Morgan fingerprint density at radius 1 is 0.788 bits per heavy atom. The molecule has 0 aliphatic carbocycles. The van der Waals surface area contributed by atoms with Gasteiger partial charge in [-0.25, -0.2) is 0 Å².